The predicted octanol–water partition coefficient (Wildman–Crippen LogP) is 2.96. The number of para-hydroxylation sites is 2. The molecule has 148 valence electrons. The first-order valence-electron chi connectivity index (χ1n) is 9.65. The molecule has 2 aromatic carbocycles. The van der Waals surface area contributed by atoms with E-state index in [1.54, 1.807) is 4.90 Å². The van der Waals surface area contributed by atoms with Crippen molar-refractivity contribution in [1.29, 1.82) is 0 Å². The number of amides is 3. The predicted molar refractivity (Wildman–Crippen MR) is 110 cm³/mol. The van der Waals surface area contributed by atoms with E-state index in [0.29, 0.717) is 26.1 Å². The molecule has 0 unspecified atom stereocenters. The van der Waals surface area contributed by atoms with Crippen molar-refractivity contribution >= 4 is 17.6 Å². The Labute approximate surface area is 165 Å². The fraction of sp³-hybridized carbons (Fsp3) is 0.364. The van der Waals surface area contributed by atoms with E-state index in [1.807, 2.05) is 56.3 Å². The summed E-state index contributed by atoms with van der Waals surface area (Å²) < 4.78 is 5.82. The largest absolute Gasteiger partial charge is 0.493 e. The van der Waals surface area contributed by atoms with Crippen molar-refractivity contribution in [3.05, 3.63) is 59.2 Å². The molecule has 0 spiro atoms. The molecule has 0 radical (unpaired) electrons. The van der Waals surface area contributed by atoms with Crippen molar-refractivity contribution in [3.8, 4) is 5.75 Å². The zero-order valence-corrected chi connectivity index (χ0v) is 16.5. The molecule has 2 aromatic rings. The van der Waals surface area contributed by atoms with E-state index in [1.165, 1.54) is 5.56 Å². The lowest BCUT2D eigenvalue weighted by Gasteiger charge is -2.17. The van der Waals surface area contributed by atoms with Gasteiger partial charge in [0.1, 0.15) is 5.75 Å². The second kappa shape index (κ2) is 9.26. The number of ether oxygens (including phenoxy) is 1. The van der Waals surface area contributed by atoms with Crippen molar-refractivity contribution < 1.29 is 14.3 Å². The summed E-state index contributed by atoms with van der Waals surface area (Å²) >= 11 is 0. The molecule has 1 heterocycles. The second-order valence-corrected chi connectivity index (χ2v) is 6.96. The van der Waals surface area contributed by atoms with Crippen LogP contribution in [-0.2, 0) is 11.2 Å². The van der Waals surface area contributed by atoms with Crippen LogP contribution in [-0.4, -0.2) is 38.2 Å². The topological polar surface area (TPSA) is 70.7 Å². The summed E-state index contributed by atoms with van der Waals surface area (Å²) in [5.41, 5.74) is 4.32. The smallest absolute Gasteiger partial charge is 0.315 e. The monoisotopic (exact) mass is 381 g/mol. The van der Waals surface area contributed by atoms with Crippen LogP contribution < -0.4 is 20.3 Å². The summed E-state index contributed by atoms with van der Waals surface area (Å²) in [6, 6.07) is 13.6. The van der Waals surface area contributed by atoms with Crippen molar-refractivity contribution in [2.24, 2.45) is 0 Å². The number of aryl methyl sites for hydroxylation is 2. The molecule has 0 fully saturated rings. The SMILES string of the molecule is Cc1cccc(C)c1OCCCNC(=O)NCC(=O)N1CCc2ccccc21. The molecule has 0 saturated carbocycles. The lowest BCUT2D eigenvalue weighted by Crippen LogP contribution is -2.43. The maximum absolute atomic E-state index is 12.4. The number of carbonyl (C=O) groups is 2. The molecule has 3 amide bonds. The first kappa shape index (κ1) is 19.7. The van der Waals surface area contributed by atoms with Gasteiger partial charge in [-0.2, -0.15) is 0 Å². The molecule has 0 atom stereocenters. The highest BCUT2D eigenvalue weighted by atomic mass is 16.5. The quantitative estimate of drug-likeness (QED) is 0.725. The van der Waals surface area contributed by atoms with Gasteiger partial charge in [-0.05, 0) is 49.4 Å². The summed E-state index contributed by atoms with van der Waals surface area (Å²) in [7, 11) is 0. The van der Waals surface area contributed by atoms with E-state index in [9.17, 15) is 9.59 Å². The van der Waals surface area contributed by atoms with Gasteiger partial charge in [-0.3, -0.25) is 4.79 Å². The second-order valence-electron chi connectivity index (χ2n) is 6.96. The number of hydrogen-bond acceptors (Lipinski definition) is 3. The number of carbonyl (C=O) groups excluding carboxylic acids is 2. The summed E-state index contributed by atoms with van der Waals surface area (Å²) in [4.78, 5) is 26.0. The highest BCUT2D eigenvalue weighted by Crippen LogP contribution is 2.27. The number of rotatable bonds is 7. The Kier molecular flexibility index (Phi) is 6.53. The summed E-state index contributed by atoms with van der Waals surface area (Å²) in [6.45, 7) is 5.69. The standard InChI is InChI=1S/C22H27N3O3/c1-16-7-5-8-17(2)21(16)28-14-6-12-23-22(27)24-15-20(26)25-13-11-18-9-3-4-10-19(18)25/h3-5,7-10H,6,11-15H2,1-2H3,(H2,23,24,27). The number of fused-ring (bicyclic) bond motifs is 1. The Balaban J connectivity index is 1.33. The Morgan fingerprint density at radius 1 is 1.04 bits per heavy atom. The van der Waals surface area contributed by atoms with Gasteiger partial charge in [0.25, 0.3) is 0 Å². The average Bonchev–Trinajstić information content (AvgIpc) is 3.12. The van der Waals surface area contributed by atoms with E-state index < -0.39 is 0 Å². The zero-order chi connectivity index (χ0) is 19.9. The Morgan fingerprint density at radius 3 is 2.57 bits per heavy atom. The number of nitrogens with zero attached hydrogens (tertiary/aromatic N) is 1. The third-order valence-electron chi connectivity index (χ3n) is 4.85. The Hall–Kier alpha value is -3.02. The molecule has 6 heteroatoms. The number of urea groups is 1. The van der Waals surface area contributed by atoms with Gasteiger partial charge < -0.3 is 20.3 Å². The van der Waals surface area contributed by atoms with Crippen LogP contribution in [0.4, 0.5) is 10.5 Å². The number of benzene rings is 2. The molecular formula is C22H27N3O3. The van der Waals surface area contributed by atoms with Gasteiger partial charge in [-0.1, -0.05) is 36.4 Å². The van der Waals surface area contributed by atoms with Crippen molar-refractivity contribution in [1.82, 2.24) is 10.6 Å². The molecule has 0 aliphatic carbocycles. The summed E-state index contributed by atoms with van der Waals surface area (Å²) in [6.07, 6.45) is 1.54. The van der Waals surface area contributed by atoms with Crippen LogP contribution in [0.3, 0.4) is 0 Å². The fourth-order valence-corrected chi connectivity index (χ4v) is 3.39. The van der Waals surface area contributed by atoms with Crippen LogP contribution in [0, 0.1) is 13.8 Å². The van der Waals surface area contributed by atoms with Gasteiger partial charge in [-0.25, -0.2) is 4.79 Å². The summed E-state index contributed by atoms with van der Waals surface area (Å²) in [5, 5.41) is 5.40. The van der Waals surface area contributed by atoms with Crippen LogP contribution >= 0.6 is 0 Å². The molecule has 1 aliphatic rings. The van der Waals surface area contributed by atoms with Crippen LogP contribution in [0.25, 0.3) is 0 Å². The minimum atomic E-state index is -0.340. The Morgan fingerprint density at radius 2 is 1.79 bits per heavy atom. The van der Waals surface area contributed by atoms with Crippen molar-refractivity contribution in [2.75, 3.05) is 31.1 Å². The van der Waals surface area contributed by atoms with E-state index in [-0.39, 0.29) is 18.5 Å². The zero-order valence-electron chi connectivity index (χ0n) is 16.5. The highest BCUT2D eigenvalue weighted by molar-refractivity contribution is 5.98. The number of nitrogens with one attached hydrogen (secondary N) is 2. The van der Waals surface area contributed by atoms with E-state index >= 15 is 0 Å². The first-order chi connectivity index (χ1) is 13.6. The van der Waals surface area contributed by atoms with E-state index in [4.69, 9.17) is 4.74 Å². The minimum absolute atomic E-state index is 0.0148. The minimum Gasteiger partial charge on any atom is -0.493 e. The molecule has 6 nitrogen and oxygen atoms in total. The van der Waals surface area contributed by atoms with Crippen molar-refractivity contribution in [2.45, 2.75) is 26.7 Å². The fourth-order valence-electron chi connectivity index (χ4n) is 3.39. The molecule has 0 saturated heterocycles. The van der Waals surface area contributed by atoms with Crippen molar-refractivity contribution in [3.63, 3.8) is 0 Å². The molecule has 0 bridgehead atoms. The normalized spacial score (nSPS) is 12.4. The Bertz CT molecular complexity index is 830. The molecule has 3 rings (SSSR count). The van der Waals surface area contributed by atoms with Gasteiger partial charge in [-0.15, -0.1) is 0 Å². The molecular weight excluding hydrogens is 354 g/mol. The lowest BCUT2D eigenvalue weighted by atomic mass is 10.1. The molecule has 2 N–H and O–H groups in total. The van der Waals surface area contributed by atoms with E-state index in [2.05, 4.69) is 10.6 Å². The lowest BCUT2D eigenvalue weighted by molar-refractivity contribution is -0.117. The van der Waals surface area contributed by atoms with Gasteiger partial charge in [0, 0.05) is 18.8 Å². The van der Waals surface area contributed by atoms with Gasteiger partial charge >= 0.3 is 6.03 Å². The van der Waals surface area contributed by atoms with Crippen LogP contribution in [0.5, 0.6) is 5.75 Å². The molecule has 28 heavy (non-hydrogen) atoms. The number of hydrogen-bond donors (Lipinski definition) is 2. The van der Waals surface area contributed by atoms with Crippen LogP contribution in [0.2, 0.25) is 0 Å². The first-order valence-corrected chi connectivity index (χ1v) is 9.65. The molecule has 1 aliphatic heterocycles. The third-order valence-corrected chi connectivity index (χ3v) is 4.85. The van der Waals surface area contributed by atoms with Gasteiger partial charge in [0.15, 0.2) is 0 Å². The highest BCUT2D eigenvalue weighted by Gasteiger charge is 2.23. The molecule has 0 aromatic heterocycles. The third kappa shape index (κ3) is 4.82. The maximum atomic E-state index is 12.4. The summed E-state index contributed by atoms with van der Waals surface area (Å²) in [5.74, 6) is 0.807. The van der Waals surface area contributed by atoms with Crippen LogP contribution in [0.15, 0.2) is 42.5 Å². The maximum Gasteiger partial charge on any atom is 0.315 e. The van der Waals surface area contributed by atoms with E-state index in [0.717, 1.165) is 29.0 Å². The van der Waals surface area contributed by atoms with Crippen LogP contribution in [0.1, 0.15) is 23.1 Å². The van der Waals surface area contributed by atoms with Gasteiger partial charge in [0.2, 0.25) is 5.91 Å². The van der Waals surface area contributed by atoms with Gasteiger partial charge in [0.05, 0.1) is 13.2 Å². The average molecular weight is 381 g/mol. The number of anilines is 1.